The summed E-state index contributed by atoms with van der Waals surface area (Å²) in [6.07, 6.45) is 1.91. The second-order valence-corrected chi connectivity index (χ2v) is 7.62. The van der Waals surface area contributed by atoms with Gasteiger partial charge in [-0.1, -0.05) is 0 Å². The lowest BCUT2D eigenvalue weighted by molar-refractivity contribution is -0.385. The van der Waals surface area contributed by atoms with Crippen LogP contribution in [0.3, 0.4) is 0 Å². The van der Waals surface area contributed by atoms with Gasteiger partial charge in [0.25, 0.3) is 5.69 Å². The van der Waals surface area contributed by atoms with Gasteiger partial charge in [-0.2, -0.15) is 4.31 Å². The molecular formula is C15H24ClN3O6S. The summed E-state index contributed by atoms with van der Waals surface area (Å²) >= 11 is 0. The highest BCUT2D eigenvalue weighted by molar-refractivity contribution is 7.89. The molecule has 0 amide bonds. The Kier molecular flexibility index (Phi) is 8.71. The number of nitro benzene ring substituents is 1. The molecule has 0 saturated carbocycles. The van der Waals surface area contributed by atoms with Gasteiger partial charge in [0.15, 0.2) is 0 Å². The Hall–Kier alpha value is -1.46. The second-order valence-electron chi connectivity index (χ2n) is 5.71. The van der Waals surface area contributed by atoms with Crippen LogP contribution < -0.4 is 10.5 Å². The number of non-ortho nitro benzene ring substituents is 1. The van der Waals surface area contributed by atoms with Gasteiger partial charge in [0.1, 0.15) is 10.6 Å². The molecule has 2 N–H and O–H groups in total. The Balaban J connectivity index is 0.00000338. The maximum Gasteiger partial charge on any atom is 0.271 e. The van der Waals surface area contributed by atoms with E-state index in [9.17, 15) is 18.5 Å². The van der Waals surface area contributed by atoms with Crippen molar-refractivity contribution in [3.8, 4) is 5.75 Å². The van der Waals surface area contributed by atoms with E-state index in [1.165, 1.54) is 23.5 Å². The lowest BCUT2D eigenvalue weighted by Gasteiger charge is -2.31. The monoisotopic (exact) mass is 409 g/mol. The number of nitrogens with two attached hydrogens (primary N) is 1. The Morgan fingerprint density at radius 1 is 1.35 bits per heavy atom. The molecule has 148 valence electrons. The van der Waals surface area contributed by atoms with Gasteiger partial charge in [0, 0.05) is 31.8 Å². The minimum absolute atomic E-state index is 0. The van der Waals surface area contributed by atoms with Crippen molar-refractivity contribution in [1.29, 1.82) is 0 Å². The highest BCUT2D eigenvalue weighted by atomic mass is 35.5. The van der Waals surface area contributed by atoms with Crippen molar-refractivity contribution >= 4 is 28.1 Å². The van der Waals surface area contributed by atoms with Crippen LogP contribution in [0.25, 0.3) is 0 Å². The third-order valence-corrected chi connectivity index (χ3v) is 6.00. The van der Waals surface area contributed by atoms with E-state index in [0.717, 1.165) is 12.5 Å². The number of ether oxygens (including phenoxy) is 2. The summed E-state index contributed by atoms with van der Waals surface area (Å²) in [5.41, 5.74) is 5.13. The first-order valence-electron chi connectivity index (χ1n) is 8.04. The van der Waals surface area contributed by atoms with Gasteiger partial charge in [-0.15, -0.1) is 12.4 Å². The molecule has 1 aromatic carbocycles. The number of halogens is 1. The zero-order valence-electron chi connectivity index (χ0n) is 14.5. The van der Waals surface area contributed by atoms with E-state index in [1.54, 1.807) is 0 Å². The predicted octanol–water partition coefficient (Wildman–Crippen LogP) is 1.54. The van der Waals surface area contributed by atoms with Gasteiger partial charge in [-0.25, -0.2) is 8.42 Å². The fourth-order valence-electron chi connectivity index (χ4n) is 2.69. The first-order valence-corrected chi connectivity index (χ1v) is 9.48. The highest BCUT2D eigenvalue weighted by Crippen LogP contribution is 2.32. The van der Waals surface area contributed by atoms with E-state index < -0.39 is 14.9 Å². The van der Waals surface area contributed by atoms with E-state index in [4.69, 9.17) is 15.2 Å². The number of rotatable bonds is 8. The van der Waals surface area contributed by atoms with Crippen molar-refractivity contribution in [3.05, 3.63) is 28.3 Å². The van der Waals surface area contributed by atoms with Crippen molar-refractivity contribution < 1.29 is 22.8 Å². The first kappa shape index (κ1) is 22.6. The molecule has 26 heavy (non-hydrogen) atoms. The number of hydrogen-bond donors (Lipinski definition) is 1. The van der Waals surface area contributed by atoms with Gasteiger partial charge in [0.05, 0.1) is 18.1 Å². The lowest BCUT2D eigenvalue weighted by Crippen LogP contribution is -2.41. The van der Waals surface area contributed by atoms with Crippen LogP contribution in [0.5, 0.6) is 5.75 Å². The Bertz CT molecular complexity index is 707. The fourth-order valence-corrected chi connectivity index (χ4v) is 4.34. The zero-order valence-corrected chi connectivity index (χ0v) is 16.1. The summed E-state index contributed by atoms with van der Waals surface area (Å²) < 4.78 is 37.8. The second kappa shape index (κ2) is 10.0. The summed E-state index contributed by atoms with van der Waals surface area (Å²) in [6, 6.07) is 3.56. The number of hydrogen-bond acceptors (Lipinski definition) is 7. The van der Waals surface area contributed by atoms with Crippen LogP contribution in [0.1, 0.15) is 19.3 Å². The van der Waals surface area contributed by atoms with E-state index in [-0.39, 0.29) is 34.8 Å². The van der Waals surface area contributed by atoms with Crippen LogP contribution in [0.2, 0.25) is 0 Å². The van der Waals surface area contributed by atoms with Crippen molar-refractivity contribution in [1.82, 2.24) is 4.31 Å². The molecule has 1 aromatic rings. The number of methoxy groups -OCH3 is 1. The molecule has 0 bridgehead atoms. The van der Waals surface area contributed by atoms with E-state index >= 15 is 0 Å². The quantitative estimate of drug-likeness (QED) is 0.392. The lowest BCUT2D eigenvalue weighted by atomic mass is 10.1. The van der Waals surface area contributed by atoms with Crippen LogP contribution in [-0.2, 0) is 14.8 Å². The standard InChI is InChI=1S/C15H23N3O6S.ClH/c1-23-14-4-3-12(18(19)20)11-15(14)25(21,22)17-8-5-13(6-9-17)24-10-2-7-16;/h3-4,11,13H,2,5-10,16H2,1H3;1H. The molecular weight excluding hydrogens is 386 g/mol. The first-order chi connectivity index (χ1) is 11.9. The molecule has 1 saturated heterocycles. The SMILES string of the molecule is COc1ccc([N+](=O)[O-])cc1S(=O)(=O)N1CCC(OCCCN)CC1.Cl. The maximum absolute atomic E-state index is 12.9. The van der Waals surface area contributed by atoms with Crippen LogP contribution in [0, 0.1) is 10.1 Å². The smallest absolute Gasteiger partial charge is 0.271 e. The van der Waals surface area contributed by atoms with Crippen LogP contribution in [-0.4, -0.2) is 57.1 Å². The Labute approximate surface area is 159 Å². The average Bonchev–Trinajstić information content (AvgIpc) is 2.61. The molecule has 0 unspecified atom stereocenters. The fraction of sp³-hybridized carbons (Fsp3) is 0.600. The Morgan fingerprint density at radius 2 is 2.00 bits per heavy atom. The molecule has 1 fully saturated rings. The number of nitro groups is 1. The molecule has 9 nitrogen and oxygen atoms in total. The van der Waals surface area contributed by atoms with Crippen molar-refractivity contribution in [2.45, 2.75) is 30.3 Å². The summed E-state index contributed by atoms with van der Waals surface area (Å²) in [5, 5.41) is 11.0. The van der Waals surface area contributed by atoms with E-state index in [1.807, 2.05) is 0 Å². The summed E-state index contributed by atoms with van der Waals surface area (Å²) in [7, 11) is -2.55. The van der Waals surface area contributed by atoms with Gasteiger partial charge in [-0.05, 0) is 31.9 Å². The van der Waals surface area contributed by atoms with E-state index in [2.05, 4.69) is 0 Å². The zero-order chi connectivity index (χ0) is 18.4. The molecule has 1 aliphatic heterocycles. The molecule has 0 spiro atoms. The highest BCUT2D eigenvalue weighted by Gasteiger charge is 2.33. The summed E-state index contributed by atoms with van der Waals surface area (Å²) in [5.74, 6) is 0.0897. The number of piperidine rings is 1. The van der Waals surface area contributed by atoms with Gasteiger partial charge >= 0.3 is 0 Å². The van der Waals surface area contributed by atoms with Crippen molar-refractivity contribution in [2.75, 3.05) is 33.4 Å². The average molecular weight is 410 g/mol. The van der Waals surface area contributed by atoms with Crippen molar-refractivity contribution in [3.63, 3.8) is 0 Å². The molecule has 0 aromatic heterocycles. The van der Waals surface area contributed by atoms with Crippen LogP contribution in [0.15, 0.2) is 23.1 Å². The minimum Gasteiger partial charge on any atom is -0.495 e. The molecule has 11 heteroatoms. The third-order valence-electron chi connectivity index (χ3n) is 4.08. The van der Waals surface area contributed by atoms with Crippen molar-refractivity contribution in [2.24, 2.45) is 5.73 Å². The number of nitrogens with zero attached hydrogens (tertiary/aromatic N) is 2. The summed E-state index contributed by atoms with van der Waals surface area (Å²) in [6.45, 7) is 1.70. The predicted molar refractivity (Wildman–Crippen MR) is 98.3 cm³/mol. The van der Waals surface area contributed by atoms with Crippen LogP contribution in [0.4, 0.5) is 5.69 Å². The van der Waals surface area contributed by atoms with E-state index in [0.29, 0.717) is 39.1 Å². The maximum atomic E-state index is 12.9. The molecule has 0 atom stereocenters. The number of benzene rings is 1. The molecule has 1 aliphatic rings. The molecule has 1 heterocycles. The summed E-state index contributed by atoms with van der Waals surface area (Å²) in [4.78, 5) is 10.1. The largest absolute Gasteiger partial charge is 0.495 e. The Morgan fingerprint density at radius 3 is 2.54 bits per heavy atom. The number of sulfonamides is 1. The minimum atomic E-state index is -3.88. The van der Waals surface area contributed by atoms with Gasteiger partial charge < -0.3 is 15.2 Å². The normalized spacial score (nSPS) is 16.1. The molecule has 0 aliphatic carbocycles. The van der Waals surface area contributed by atoms with Crippen LogP contribution >= 0.6 is 12.4 Å². The molecule has 0 radical (unpaired) electrons. The third kappa shape index (κ3) is 5.27. The molecule has 2 rings (SSSR count). The van der Waals surface area contributed by atoms with Gasteiger partial charge in [-0.3, -0.25) is 10.1 Å². The topological polar surface area (TPSA) is 125 Å². The van der Waals surface area contributed by atoms with Gasteiger partial charge in [0.2, 0.25) is 10.0 Å².